The average Bonchev–Trinajstić information content (AvgIpc) is 2.38. The van der Waals surface area contributed by atoms with Gasteiger partial charge in [-0.15, -0.1) is 0 Å². The molecule has 2 nitrogen and oxygen atoms in total. The van der Waals surface area contributed by atoms with E-state index in [9.17, 15) is 4.39 Å². The van der Waals surface area contributed by atoms with Crippen molar-refractivity contribution in [2.24, 2.45) is 0 Å². The van der Waals surface area contributed by atoms with E-state index in [0.29, 0.717) is 12.2 Å². The van der Waals surface area contributed by atoms with Gasteiger partial charge in [0.25, 0.3) is 0 Å². The molecule has 3 heteroatoms. The van der Waals surface area contributed by atoms with Crippen molar-refractivity contribution in [3.63, 3.8) is 0 Å². The molecule has 0 bridgehead atoms. The molecule has 0 atom stereocenters. The number of rotatable bonds is 4. The predicted molar refractivity (Wildman–Crippen MR) is 71.5 cm³/mol. The summed E-state index contributed by atoms with van der Waals surface area (Å²) < 4.78 is 18.7. The molecule has 2 aromatic rings. The summed E-state index contributed by atoms with van der Waals surface area (Å²) in [5, 5.41) is 3.08. The molecule has 0 amide bonds. The van der Waals surface area contributed by atoms with Gasteiger partial charge in [-0.1, -0.05) is 29.8 Å². The van der Waals surface area contributed by atoms with E-state index in [-0.39, 0.29) is 5.82 Å². The highest BCUT2D eigenvalue weighted by atomic mass is 19.1. The molecule has 0 fully saturated rings. The van der Waals surface area contributed by atoms with Crippen LogP contribution in [0.1, 0.15) is 11.1 Å². The molecule has 0 unspecified atom stereocenters. The molecule has 0 aromatic heterocycles. The summed E-state index contributed by atoms with van der Waals surface area (Å²) in [6.07, 6.45) is 0. The third kappa shape index (κ3) is 2.80. The zero-order valence-corrected chi connectivity index (χ0v) is 10.5. The number of aryl methyl sites for hydroxylation is 1. The van der Waals surface area contributed by atoms with Crippen molar-refractivity contribution >= 4 is 5.69 Å². The van der Waals surface area contributed by atoms with Crippen molar-refractivity contribution in [3.8, 4) is 5.75 Å². The van der Waals surface area contributed by atoms with Crippen molar-refractivity contribution < 1.29 is 9.13 Å². The molecule has 0 saturated carbocycles. The number of halogens is 1. The van der Waals surface area contributed by atoms with E-state index >= 15 is 0 Å². The van der Waals surface area contributed by atoms with Gasteiger partial charge in [-0.3, -0.25) is 0 Å². The number of para-hydroxylation sites is 1. The maximum absolute atomic E-state index is 13.5. The van der Waals surface area contributed by atoms with E-state index in [0.717, 1.165) is 16.9 Å². The lowest BCUT2D eigenvalue weighted by Crippen LogP contribution is -2.03. The van der Waals surface area contributed by atoms with Crippen LogP contribution < -0.4 is 10.1 Å². The van der Waals surface area contributed by atoms with Crippen molar-refractivity contribution in [2.75, 3.05) is 12.4 Å². The van der Waals surface area contributed by atoms with Crippen molar-refractivity contribution in [3.05, 3.63) is 59.4 Å². The molecule has 94 valence electrons. The second-order valence-electron chi connectivity index (χ2n) is 4.15. The number of benzene rings is 2. The molecular formula is C15H16FNO. The van der Waals surface area contributed by atoms with E-state index < -0.39 is 0 Å². The van der Waals surface area contributed by atoms with E-state index in [4.69, 9.17) is 4.74 Å². The van der Waals surface area contributed by atoms with E-state index in [2.05, 4.69) is 5.32 Å². The number of hydrogen-bond acceptors (Lipinski definition) is 2. The third-order valence-corrected chi connectivity index (χ3v) is 2.78. The average molecular weight is 245 g/mol. The van der Waals surface area contributed by atoms with Crippen LogP contribution in [0.2, 0.25) is 0 Å². The summed E-state index contributed by atoms with van der Waals surface area (Å²) in [6.45, 7) is 2.55. The fourth-order valence-corrected chi connectivity index (χ4v) is 1.84. The maximum Gasteiger partial charge on any atom is 0.146 e. The largest absolute Gasteiger partial charge is 0.496 e. The van der Waals surface area contributed by atoms with E-state index in [1.165, 1.54) is 6.07 Å². The highest BCUT2D eigenvalue weighted by Gasteiger charge is 2.04. The molecule has 0 aliphatic heterocycles. The monoisotopic (exact) mass is 245 g/mol. The van der Waals surface area contributed by atoms with Crippen molar-refractivity contribution in [1.29, 1.82) is 0 Å². The first-order valence-electron chi connectivity index (χ1n) is 5.82. The second kappa shape index (κ2) is 5.54. The Balaban J connectivity index is 2.15. The minimum Gasteiger partial charge on any atom is -0.496 e. The minimum absolute atomic E-state index is 0.246. The number of nitrogens with one attached hydrogen (secondary N) is 1. The Morgan fingerprint density at radius 3 is 2.67 bits per heavy atom. The fraction of sp³-hybridized carbons (Fsp3) is 0.200. The van der Waals surface area contributed by atoms with Crippen LogP contribution in [-0.4, -0.2) is 7.11 Å². The SMILES string of the molecule is COc1ccc(C)cc1CNc1ccccc1F. The van der Waals surface area contributed by atoms with Gasteiger partial charge in [0.2, 0.25) is 0 Å². The van der Waals surface area contributed by atoms with Gasteiger partial charge in [-0.05, 0) is 25.1 Å². The molecule has 0 aliphatic carbocycles. The summed E-state index contributed by atoms with van der Waals surface area (Å²) in [6, 6.07) is 12.6. The van der Waals surface area contributed by atoms with Gasteiger partial charge in [0.05, 0.1) is 12.8 Å². The maximum atomic E-state index is 13.5. The molecular weight excluding hydrogens is 229 g/mol. The van der Waals surface area contributed by atoms with Crippen LogP contribution >= 0.6 is 0 Å². The molecule has 0 radical (unpaired) electrons. The Bertz CT molecular complexity index is 540. The number of ether oxygens (including phenoxy) is 1. The van der Waals surface area contributed by atoms with Crippen LogP contribution in [-0.2, 0) is 6.54 Å². The smallest absolute Gasteiger partial charge is 0.146 e. The molecule has 0 heterocycles. The summed E-state index contributed by atoms with van der Waals surface area (Å²) in [5.74, 6) is 0.563. The normalized spacial score (nSPS) is 10.2. The Hall–Kier alpha value is -2.03. The molecule has 18 heavy (non-hydrogen) atoms. The van der Waals surface area contributed by atoms with Gasteiger partial charge in [0.15, 0.2) is 0 Å². The van der Waals surface area contributed by atoms with Crippen LogP contribution in [0.25, 0.3) is 0 Å². The first-order chi connectivity index (χ1) is 8.70. The Labute approximate surface area is 106 Å². The lowest BCUT2D eigenvalue weighted by molar-refractivity contribution is 0.410. The summed E-state index contributed by atoms with van der Waals surface area (Å²) >= 11 is 0. The Kier molecular flexibility index (Phi) is 3.82. The summed E-state index contributed by atoms with van der Waals surface area (Å²) in [5.41, 5.74) is 2.67. The quantitative estimate of drug-likeness (QED) is 0.885. The molecule has 1 N–H and O–H groups in total. The summed E-state index contributed by atoms with van der Waals surface area (Å²) in [7, 11) is 1.64. The van der Waals surface area contributed by atoms with Crippen LogP contribution in [0.5, 0.6) is 5.75 Å². The van der Waals surface area contributed by atoms with Crippen LogP contribution in [0.15, 0.2) is 42.5 Å². The highest BCUT2D eigenvalue weighted by Crippen LogP contribution is 2.21. The standard InChI is InChI=1S/C15H16FNO/c1-11-7-8-15(18-2)12(9-11)10-17-14-6-4-3-5-13(14)16/h3-9,17H,10H2,1-2H3. The number of methoxy groups -OCH3 is 1. The fourth-order valence-electron chi connectivity index (χ4n) is 1.84. The highest BCUT2D eigenvalue weighted by molar-refractivity contribution is 5.46. The number of hydrogen-bond donors (Lipinski definition) is 1. The third-order valence-electron chi connectivity index (χ3n) is 2.78. The molecule has 0 spiro atoms. The van der Waals surface area contributed by atoms with Gasteiger partial charge in [-0.2, -0.15) is 0 Å². The topological polar surface area (TPSA) is 21.3 Å². The number of anilines is 1. The van der Waals surface area contributed by atoms with Crippen LogP contribution in [0.3, 0.4) is 0 Å². The van der Waals surface area contributed by atoms with E-state index in [1.807, 2.05) is 25.1 Å². The van der Waals surface area contributed by atoms with Gasteiger partial charge in [0, 0.05) is 12.1 Å². The first kappa shape index (κ1) is 12.4. The van der Waals surface area contributed by atoms with Gasteiger partial charge < -0.3 is 10.1 Å². The Morgan fingerprint density at radius 1 is 1.17 bits per heavy atom. The van der Waals surface area contributed by atoms with Gasteiger partial charge >= 0.3 is 0 Å². The van der Waals surface area contributed by atoms with Gasteiger partial charge in [-0.25, -0.2) is 4.39 Å². The van der Waals surface area contributed by atoms with Crippen LogP contribution in [0.4, 0.5) is 10.1 Å². The first-order valence-corrected chi connectivity index (χ1v) is 5.82. The minimum atomic E-state index is -0.246. The zero-order chi connectivity index (χ0) is 13.0. The van der Waals surface area contributed by atoms with E-state index in [1.54, 1.807) is 25.3 Å². The second-order valence-corrected chi connectivity index (χ2v) is 4.15. The molecule has 0 aliphatic rings. The molecule has 2 aromatic carbocycles. The molecule has 0 saturated heterocycles. The summed E-state index contributed by atoms with van der Waals surface area (Å²) in [4.78, 5) is 0. The van der Waals surface area contributed by atoms with Crippen LogP contribution in [0, 0.1) is 12.7 Å². The lowest BCUT2D eigenvalue weighted by atomic mass is 10.1. The predicted octanol–water partition coefficient (Wildman–Crippen LogP) is 3.75. The zero-order valence-electron chi connectivity index (χ0n) is 10.5. The van der Waals surface area contributed by atoms with Gasteiger partial charge in [0.1, 0.15) is 11.6 Å². The van der Waals surface area contributed by atoms with Crippen molar-refractivity contribution in [2.45, 2.75) is 13.5 Å². The lowest BCUT2D eigenvalue weighted by Gasteiger charge is -2.12. The Morgan fingerprint density at radius 2 is 1.94 bits per heavy atom. The van der Waals surface area contributed by atoms with Crippen molar-refractivity contribution in [1.82, 2.24) is 0 Å². The molecule has 2 rings (SSSR count).